The standard InChI is InChI=1S/C14H16N4/c1-13(2)9-11(17-7-5-15-9)14(3,4)12-10(13)16-6-8-18-12/h5-8H,1-4H3. The average molecular weight is 240 g/mol. The molecule has 2 aromatic rings. The number of aromatic nitrogens is 4. The normalized spacial score (nSPS) is 18.9. The van der Waals surface area contributed by atoms with Crippen LogP contribution in [0.2, 0.25) is 0 Å². The molecule has 0 spiro atoms. The molecule has 0 radical (unpaired) electrons. The second-order valence-electron chi connectivity index (χ2n) is 5.76. The lowest BCUT2D eigenvalue weighted by atomic mass is 9.68. The molecule has 0 amide bonds. The highest BCUT2D eigenvalue weighted by Gasteiger charge is 2.45. The molecule has 4 heteroatoms. The van der Waals surface area contributed by atoms with Crippen molar-refractivity contribution in [3.05, 3.63) is 47.6 Å². The Balaban J connectivity index is 2.41. The Morgan fingerprint density at radius 2 is 0.778 bits per heavy atom. The summed E-state index contributed by atoms with van der Waals surface area (Å²) in [6, 6.07) is 0. The van der Waals surface area contributed by atoms with Gasteiger partial charge >= 0.3 is 0 Å². The number of fused-ring (bicyclic) bond motifs is 2. The third-order valence-corrected chi connectivity index (χ3v) is 3.76. The Morgan fingerprint density at radius 1 is 0.556 bits per heavy atom. The minimum atomic E-state index is -0.247. The molecule has 0 aliphatic heterocycles. The summed E-state index contributed by atoms with van der Waals surface area (Å²) in [6.45, 7) is 8.51. The Morgan fingerprint density at radius 3 is 1.00 bits per heavy atom. The van der Waals surface area contributed by atoms with Gasteiger partial charge in [0.15, 0.2) is 0 Å². The molecule has 0 fully saturated rings. The molecule has 1 aliphatic rings. The molecule has 3 rings (SSSR count). The summed E-state index contributed by atoms with van der Waals surface area (Å²) in [4.78, 5) is 18.1. The number of hydrogen-bond acceptors (Lipinski definition) is 4. The lowest BCUT2D eigenvalue weighted by Crippen LogP contribution is -2.40. The predicted molar refractivity (Wildman–Crippen MR) is 68.3 cm³/mol. The fourth-order valence-electron chi connectivity index (χ4n) is 2.73. The maximum Gasteiger partial charge on any atom is 0.0744 e. The first-order valence-corrected chi connectivity index (χ1v) is 6.09. The van der Waals surface area contributed by atoms with Crippen molar-refractivity contribution in [3.8, 4) is 0 Å². The Hall–Kier alpha value is -1.84. The van der Waals surface area contributed by atoms with Crippen molar-refractivity contribution in [2.24, 2.45) is 0 Å². The van der Waals surface area contributed by atoms with Gasteiger partial charge in [-0.1, -0.05) is 0 Å². The molecule has 2 heterocycles. The van der Waals surface area contributed by atoms with Crippen LogP contribution in [0.4, 0.5) is 0 Å². The van der Waals surface area contributed by atoms with Crippen LogP contribution in [0.5, 0.6) is 0 Å². The summed E-state index contributed by atoms with van der Waals surface area (Å²) in [5, 5.41) is 0. The van der Waals surface area contributed by atoms with Crippen LogP contribution in [0.3, 0.4) is 0 Å². The first kappa shape index (κ1) is 11.3. The van der Waals surface area contributed by atoms with E-state index < -0.39 is 0 Å². The molecule has 0 atom stereocenters. The van der Waals surface area contributed by atoms with E-state index in [1.807, 2.05) is 0 Å². The number of nitrogens with zero attached hydrogens (tertiary/aromatic N) is 4. The summed E-state index contributed by atoms with van der Waals surface area (Å²) in [6.07, 6.45) is 6.99. The zero-order valence-corrected chi connectivity index (χ0v) is 11.1. The van der Waals surface area contributed by atoms with Crippen molar-refractivity contribution in [3.63, 3.8) is 0 Å². The quantitative estimate of drug-likeness (QED) is 0.708. The van der Waals surface area contributed by atoms with Crippen molar-refractivity contribution in [1.29, 1.82) is 0 Å². The fraction of sp³-hybridized carbons (Fsp3) is 0.429. The molecule has 92 valence electrons. The molecule has 2 aromatic heterocycles. The van der Waals surface area contributed by atoms with Gasteiger partial charge in [-0.25, -0.2) is 0 Å². The molecule has 1 aliphatic carbocycles. The molecular weight excluding hydrogens is 224 g/mol. The zero-order chi connectivity index (χ0) is 13.0. The fourth-order valence-corrected chi connectivity index (χ4v) is 2.73. The van der Waals surface area contributed by atoms with Gasteiger partial charge in [0.05, 0.1) is 33.6 Å². The molecule has 0 bridgehead atoms. The van der Waals surface area contributed by atoms with E-state index in [0.29, 0.717) is 0 Å². The van der Waals surface area contributed by atoms with Crippen molar-refractivity contribution < 1.29 is 0 Å². The third kappa shape index (κ3) is 1.26. The Kier molecular flexibility index (Phi) is 2.09. The highest BCUT2D eigenvalue weighted by atomic mass is 14.9. The van der Waals surface area contributed by atoms with E-state index in [1.165, 1.54) is 0 Å². The molecule has 0 aromatic carbocycles. The molecule has 0 N–H and O–H groups in total. The van der Waals surface area contributed by atoms with E-state index in [2.05, 4.69) is 47.6 Å². The van der Waals surface area contributed by atoms with Gasteiger partial charge in [0, 0.05) is 24.8 Å². The molecule has 0 saturated carbocycles. The number of hydrogen-bond donors (Lipinski definition) is 0. The minimum absolute atomic E-state index is 0.247. The van der Waals surface area contributed by atoms with Crippen LogP contribution in [0.25, 0.3) is 0 Å². The maximum atomic E-state index is 4.54. The van der Waals surface area contributed by atoms with Crippen LogP contribution in [0.1, 0.15) is 50.5 Å². The van der Waals surface area contributed by atoms with Gasteiger partial charge in [-0.2, -0.15) is 0 Å². The minimum Gasteiger partial charge on any atom is -0.257 e. The van der Waals surface area contributed by atoms with Crippen LogP contribution in [0, 0.1) is 0 Å². The topological polar surface area (TPSA) is 51.6 Å². The first-order chi connectivity index (χ1) is 8.45. The second kappa shape index (κ2) is 3.34. The monoisotopic (exact) mass is 240 g/mol. The molecule has 0 unspecified atom stereocenters. The van der Waals surface area contributed by atoms with E-state index >= 15 is 0 Å². The summed E-state index contributed by atoms with van der Waals surface area (Å²) in [5.41, 5.74) is 3.52. The largest absolute Gasteiger partial charge is 0.257 e. The van der Waals surface area contributed by atoms with Crippen LogP contribution in [0.15, 0.2) is 24.8 Å². The second-order valence-corrected chi connectivity index (χ2v) is 5.76. The van der Waals surface area contributed by atoms with Gasteiger partial charge < -0.3 is 0 Å². The van der Waals surface area contributed by atoms with Crippen LogP contribution < -0.4 is 0 Å². The molecule has 4 nitrogen and oxygen atoms in total. The zero-order valence-electron chi connectivity index (χ0n) is 11.1. The SMILES string of the molecule is CC1(C)c2nccnc2C(C)(C)c2nccnc21. The van der Waals surface area contributed by atoms with E-state index in [1.54, 1.807) is 24.8 Å². The molecule has 0 saturated heterocycles. The van der Waals surface area contributed by atoms with Gasteiger partial charge in [-0.3, -0.25) is 19.9 Å². The van der Waals surface area contributed by atoms with Gasteiger partial charge in [-0.05, 0) is 27.7 Å². The highest BCUT2D eigenvalue weighted by molar-refractivity contribution is 5.48. The molecule has 18 heavy (non-hydrogen) atoms. The summed E-state index contributed by atoms with van der Waals surface area (Å²) < 4.78 is 0. The van der Waals surface area contributed by atoms with Crippen molar-refractivity contribution in [1.82, 2.24) is 19.9 Å². The lowest BCUT2D eigenvalue weighted by molar-refractivity contribution is 0.463. The summed E-state index contributed by atoms with van der Waals surface area (Å²) in [5.74, 6) is 0. The van der Waals surface area contributed by atoms with Gasteiger partial charge in [0.25, 0.3) is 0 Å². The van der Waals surface area contributed by atoms with Crippen LogP contribution in [-0.4, -0.2) is 19.9 Å². The van der Waals surface area contributed by atoms with E-state index in [9.17, 15) is 0 Å². The first-order valence-electron chi connectivity index (χ1n) is 6.09. The predicted octanol–water partition coefficient (Wildman–Crippen LogP) is 2.23. The van der Waals surface area contributed by atoms with Gasteiger partial charge in [-0.15, -0.1) is 0 Å². The summed E-state index contributed by atoms with van der Waals surface area (Å²) >= 11 is 0. The van der Waals surface area contributed by atoms with Crippen molar-refractivity contribution in [2.75, 3.05) is 0 Å². The van der Waals surface area contributed by atoms with E-state index in [4.69, 9.17) is 0 Å². The van der Waals surface area contributed by atoms with Crippen LogP contribution in [-0.2, 0) is 10.8 Å². The summed E-state index contributed by atoms with van der Waals surface area (Å²) in [7, 11) is 0. The van der Waals surface area contributed by atoms with Crippen molar-refractivity contribution in [2.45, 2.75) is 38.5 Å². The maximum absolute atomic E-state index is 4.54. The Labute approximate surface area is 107 Å². The number of rotatable bonds is 0. The molecular formula is C14H16N4. The average Bonchev–Trinajstić information content (AvgIpc) is 2.37. The Bertz CT molecular complexity index is 511. The van der Waals surface area contributed by atoms with E-state index in [-0.39, 0.29) is 10.8 Å². The van der Waals surface area contributed by atoms with Gasteiger partial charge in [0.1, 0.15) is 0 Å². The lowest BCUT2D eigenvalue weighted by Gasteiger charge is -2.39. The highest BCUT2D eigenvalue weighted by Crippen LogP contribution is 2.45. The van der Waals surface area contributed by atoms with Crippen molar-refractivity contribution >= 4 is 0 Å². The van der Waals surface area contributed by atoms with E-state index in [0.717, 1.165) is 22.8 Å². The van der Waals surface area contributed by atoms with Gasteiger partial charge in [0.2, 0.25) is 0 Å². The third-order valence-electron chi connectivity index (χ3n) is 3.76. The smallest absolute Gasteiger partial charge is 0.0744 e. The van der Waals surface area contributed by atoms with Crippen LogP contribution >= 0.6 is 0 Å².